The van der Waals surface area contributed by atoms with Gasteiger partial charge in [0.25, 0.3) is 0 Å². The molecule has 1 saturated carbocycles. The molecule has 0 bridgehead atoms. The van der Waals surface area contributed by atoms with Crippen LogP contribution in [0.5, 0.6) is 0 Å². The Kier molecular flexibility index (Phi) is 2.82. The van der Waals surface area contributed by atoms with Crippen LogP contribution in [0.4, 0.5) is 8.78 Å². The second kappa shape index (κ2) is 4.59. The largest absolute Gasteiger partial charge is 0.308 e. The molecule has 6 heteroatoms. The second-order valence-electron chi connectivity index (χ2n) is 5.86. The lowest BCUT2D eigenvalue weighted by Gasteiger charge is -2.25. The number of halogens is 2. The number of aryl methyl sites for hydroxylation is 1. The highest BCUT2D eigenvalue weighted by molar-refractivity contribution is 5.59. The summed E-state index contributed by atoms with van der Waals surface area (Å²) in [7, 11) is 0. The molecule has 1 fully saturated rings. The zero-order valence-corrected chi connectivity index (χ0v) is 11.7. The zero-order valence-electron chi connectivity index (χ0n) is 11.7. The van der Waals surface area contributed by atoms with E-state index in [0.29, 0.717) is 23.9 Å². The molecule has 2 aromatic rings. The normalized spacial score (nSPS) is 21.4. The highest BCUT2D eigenvalue weighted by Crippen LogP contribution is 2.42. The van der Waals surface area contributed by atoms with Crippen LogP contribution < -0.4 is 5.32 Å². The summed E-state index contributed by atoms with van der Waals surface area (Å²) in [5.41, 5.74) is 0.349. The van der Waals surface area contributed by atoms with E-state index >= 15 is 0 Å². The van der Waals surface area contributed by atoms with Gasteiger partial charge in [-0.1, -0.05) is 6.07 Å². The average molecular weight is 290 g/mol. The number of nitrogens with zero attached hydrogens (tertiary/aromatic N) is 3. The lowest BCUT2D eigenvalue weighted by molar-refractivity contribution is 0.382. The Morgan fingerprint density at radius 2 is 2.05 bits per heavy atom. The van der Waals surface area contributed by atoms with Crippen LogP contribution in [0.2, 0.25) is 0 Å². The Labute approximate surface area is 121 Å². The molecule has 4 rings (SSSR count). The van der Waals surface area contributed by atoms with Gasteiger partial charge >= 0.3 is 0 Å². The first-order valence-corrected chi connectivity index (χ1v) is 7.28. The number of fused-ring (bicyclic) bond motifs is 1. The van der Waals surface area contributed by atoms with Crippen molar-refractivity contribution in [1.29, 1.82) is 0 Å². The van der Waals surface area contributed by atoms with Crippen LogP contribution in [0.25, 0.3) is 11.4 Å². The summed E-state index contributed by atoms with van der Waals surface area (Å²) in [4.78, 5) is 0. The molecule has 21 heavy (non-hydrogen) atoms. The van der Waals surface area contributed by atoms with Crippen molar-refractivity contribution in [3.8, 4) is 11.4 Å². The molecular weight excluding hydrogens is 274 g/mol. The fourth-order valence-corrected chi connectivity index (χ4v) is 3.04. The Morgan fingerprint density at radius 3 is 2.81 bits per heavy atom. The maximum Gasteiger partial charge on any atom is 0.170 e. The Morgan fingerprint density at radius 1 is 1.24 bits per heavy atom. The van der Waals surface area contributed by atoms with E-state index in [1.807, 2.05) is 4.57 Å². The highest BCUT2D eigenvalue weighted by Gasteiger charge is 2.38. The summed E-state index contributed by atoms with van der Waals surface area (Å²) in [6.07, 6.45) is 2.35. The monoisotopic (exact) mass is 290 g/mol. The van der Waals surface area contributed by atoms with E-state index in [9.17, 15) is 8.78 Å². The van der Waals surface area contributed by atoms with Crippen molar-refractivity contribution in [3.63, 3.8) is 0 Å². The van der Waals surface area contributed by atoms with Crippen LogP contribution in [0.1, 0.15) is 30.3 Å². The van der Waals surface area contributed by atoms with E-state index in [1.165, 1.54) is 25.0 Å². The molecule has 1 atom stereocenters. The molecule has 0 radical (unpaired) electrons. The second-order valence-corrected chi connectivity index (χ2v) is 5.86. The van der Waals surface area contributed by atoms with Crippen LogP contribution in [0.3, 0.4) is 0 Å². The molecule has 2 heterocycles. The number of hydrogen-bond donors (Lipinski definition) is 1. The average Bonchev–Trinajstić information content (AvgIpc) is 3.24. The minimum absolute atomic E-state index is 0.0646. The van der Waals surface area contributed by atoms with Gasteiger partial charge in [-0.3, -0.25) is 0 Å². The van der Waals surface area contributed by atoms with E-state index in [2.05, 4.69) is 15.5 Å². The van der Waals surface area contributed by atoms with Crippen LogP contribution in [-0.2, 0) is 6.54 Å². The van der Waals surface area contributed by atoms with Gasteiger partial charge in [0.2, 0.25) is 0 Å². The van der Waals surface area contributed by atoms with Gasteiger partial charge in [0.15, 0.2) is 11.6 Å². The van der Waals surface area contributed by atoms with Gasteiger partial charge < -0.3 is 9.88 Å². The topological polar surface area (TPSA) is 42.7 Å². The third kappa shape index (κ3) is 1.97. The summed E-state index contributed by atoms with van der Waals surface area (Å²) in [5.74, 6) is 0.546. The fraction of sp³-hybridized carbons (Fsp3) is 0.467. The van der Waals surface area contributed by atoms with Crippen LogP contribution in [-0.4, -0.2) is 21.3 Å². The van der Waals surface area contributed by atoms with Crippen LogP contribution >= 0.6 is 0 Å². The summed E-state index contributed by atoms with van der Waals surface area (Å²) >= 11 is 0. The maximum absolute atomic E-state index is 14.3. The molecule has 1 aliphatic carbocycles. The molecule has 0 amide bonds. The van der Waals surface area contributed by atoms with Gasteiger partial charge in [0.1, 0.15) is 11.6 Å². The van der Waals surface area contributed by atoms with Gasteiger partial charge in [-0.25, -0.2) is 8.78 Å². The van der Waals surface area contributed by atoms with Crippen molar-refractivity contribution < 1.29 is 8.78 Å². The van der Waals surface area contributed by atoms with Crippen molar-refractivity contribution in [3.05, 3.63) is 35.2 Å². The maximum atomic E-state index is 14.3. The summed E-state index contributed by atoms with van der Waals surface area (Å²) < 4.78 is 30.3. The molecule has 1 aromatic heterocycles. The molecule has 1 aliphatic heterocycles. The Bertz CT molecular complexity index is 706. The standard InChI is InChI=1S/C15H16F2N4/c1-8-2-5-10(16)11(12(8)17)14-19-20-15-13(9-3-4-9)18-6-7-21(14)15/h2,5,9,13,18H,3-4,6-7H2,1H3. The smallest absolute Gasteiger partial charge is 0.170 e. The van der Waals surface area contributed by atoms with E-state index in [1.54, 1.807) is 6.92 Å². The van der Waals surface area contributed by atoms with E-state index in [0.717, 1.165) is 12.4 Å². The predicted molar refractivity (Wildman–Crippen MR) is 73.6 cm³/mol. The highest BCUT2D eigenvalue weighted by atomic mass is 19.1. The Balaban J connectivity index is 1.86. The molecule has 0 spiro atoms. The van der Waals surface area contributed by atoms with Crippen molar-refractivity contribution in [1.82, 2.24) is 20.1 Å². The third-order valence-corrected chi connectivity index (χ3v) is 4.36. The van der Waals surface area contributed by atoms with E-state index < -0.39 is 11.6 Å². The molecule has 0 saturated heterocycles. The summed E-state index contributed by atoms with van der Waals surface area (Å²) in [5, 5.41) is 11.7. The van der Waals surface area contributed by atoms with Gasteiger partial charge in [0.05, 0.1) is 11.6 Å². The molecule has 1 N–H and O–H groups in total. The summed E-state index contributed by atoms with van der Waals surface area (Å²) in [6.45, 7) is 3.03. The van der Waals surface area contributed by atoms with Crippen molar-refractivity contribution in [2.24, 2.45) is 5.92 Å². The minimum Gasteiger partial charge on any atom is -0.308 e. The summed E-state index contributed by atoms with van der Waals surface area (Å²) in [6, 6.07) is 2.89. The SMILES string of the molecule is Cc1ccc(F)c(-c2nnc3n2CCNC3C2CC2)c1F. The molecule has 1 unspecified atom stereocenters. The number of nitrogens with one attached hydrogen (secondary N) is 1. The van der Waals surface area contributed by atoms with E-state index in [-0.39, 0.29) is 11.6 Å². The first-order valence-electron chi connectivity index (χ1n) is 7.28. The van der Waals surface area contributed by atoms with Gasteiger partial charge in [0, 0.05) is 13.1 Å². The van der Waals surface area contributed by atoms with Crippen molar-refractivity contribution in [2.75, 3.05) is 6.54 Å². The van der Waals surface area contributed by atoms with Crippen molar-refractivity contribution >= 4 is 0 Å². The third-order valence-electron chi connectivity index (χ3n) is 4.36. The van der Waals surface area contributed by atoms with Crippen LogP contribution in [0, 0.1) is 24.5 Å². The predicted octanol–water partition coefficient (Wildman–Crippen LogP) is 2.59. The molecule has 110 valence electrons. The van der Waals surface area contributed by atoms with Crippen molar-refractivity contribution in [2.45, 2.75) is 32.4 Å². The van der Waals surface area contributed by atoms with Gasteiger partial charge in [-0.05, 0) is 37.3 Å². The quantitative estimate of drug-likeness (QED) is 0.924. The van der Waals surface area contributed by atoms with Gasteiger partial charge in [-0.15, -0.1) is 10.2 Å². The minimum atomic E-state index is -0.588. The number of benzene rings is 1. The molecule has 2 aliphatic rings. The lowest BCUT2D eigenvalue weighted by atomic mass is 10.1. The van der Waals surface area contributed by atoms with Gasteiger partial charge in [-0.2, -0.15) is 0 Å². The molecule has 1 aromatic carbocycles. The zero-order chi connectivity index (χ0) is 14.6. The van der Waals surface area contributed by atoms with E-state index in [4.69, 9.17) is 0 Å². The first kappa shape index (κ1) is 12.9. The number of hydrogen-bond acceptors (Lipinski definition) is 3. The van der Waals surface area contributed by atoms with Crippen LogP contribution in [0.15, 0.2) is 12.1 Å². The first-order chi connectivity index (χ1) is 10.2. The lowest BCUT2D eigenvalue weighted by Crippen LogP contribution is -2.35. The Hall–Kier alpha value is -1.82. The molecule has 4 nitrogen and oxygen atoms in total. The number of rotatable bonds is 2. The molecular formula is C15H16F2N4. The number of aromatic nitrogens is 3. The fourth-order valence-electron chi connectivity index (χ4n) is 3.04.